The van der Waals surface area contributed by atoms with E-state index in [1.807, 2.05) is 87.6 Å². The minimum Gasteiger partial charge on any atom is -0.488 e. The van der Waals surface area contributed by atoms with Crippen molar-refractivity contribution in [3.05, 3.63) is 160 Å². The Hall–Kier alpha value is -6.50. The normalized spacial score (nSPS) is 15.2. The molecule has 11 nitrogen and oxygen atoms in total. The minimum absolute atomic E-state index is 0.118. The molecule has 0 bridgehead atoms. The predicted octanol–water partition coefficient (Wildman–Crippen LogP) is 7.14. The van der Waals surface area contributed by atoms with Crippen LogP contribution in [0.4, 0.5) is 10.1 Å². The molecule has 0 radical (unpaired) electrons. The number of likely N-dealkylation sites (N-methyl/N-ethyl adjacent to an activating group) is 1. The molecule has 6 rings (SSSR count). The first-order valence-electron chi connectivity index (χ1n) is 18.7. The highest BCUT2D eigenvalue weighted by Gasteiger charge is 2.41. The van der Waals surface area contributed by atoms with Gasteiger partial charge in [-0.25, -0.2) is 15.0 Å². The summed E-state index contributed by atoms with van der Waals surface area (Å²) >= 11 is 0. The summed E-state index contributed by atoms with van der Waals surface area (Å²) < 4.78 is 26.8. The summed E-state index contributed by atoms with van der Waals surface area (Å²) in [6.45, 7) is 5.07. The number of aromatic carboxylic acids is 1. The predicted molar refractivity (Wildman–Crippen MR) is 218 cm³/mol. The molecule has 12 heteroatoms. The first kappa shape index (κ1) is 40.2. The van der Waals surface area contributed by atoms with E-state index >= 15 is 0 Å². The van der Waals surface area contributed by atoms with Crippen LogP contribution in [0.3, 0.4) is 0 Å². The lowest BCUT2D eigenvalue weighted by atomic mass is 9.80. The average molecular weight is 772 g/mol. The van der Waals surface area contributed by atoms with Gasteiger partial charge in [0.25, 0.3) is 5.91 Å². The Bertz CT molecular complexity index is 2300. The number of amides is 1. The Labute approximate surface area is 331 Å². The van der Waals surface area contributed by atoms with Crippen LogP contribution in [0, 0.1) is 12.7 Å². The maximum atomic E-state index is 14.5. The molecule has 5 aromatic rings. The van der Waals surface area contributed by atoms with Gasteiger partial charge in [0.15, 0.2) is 11.5 Å². The highest BCUT2D eigenvalue weighted by molar-refractivity contribution is 6.10. The van der Waals surface area contributed by atoms with Crippen molar-refractivity contribution in [1.82, 2.24) is 10.3 Å². The standard InChI is InChI=1S/C45H46FN5O6/c1-4-29-23-42(57-34-16-17-37(45(54)55)39(46)25-34)41(24-31(29)18-19-49-3)56-21-20-50(48)26-40(47)32-8-7-9-33(22-32)51-43(30-14-12-28(2)13-15-30)38(27-52)35-10-5-6-11-36(35)44(51)53/h5-17,22-27,38,43,49H,4,18-21,47-48H2,1-3H3,(H,54,55)/b40-26-. The van der Waals surface area contributed by atoms with Crippen LogP contribution < -0.4 is 31.3 Å². The Morgan fingerprint density at radius 1 is 0.982 bits per heavy atom. The highest BCUT2D eigenvalue weighted by atomic mass is 19.1. The number of nitrogens with one attached hydrogen (secondary N) is 1. The summed E-state index contributed by atoms with van der Waals surface area (Å²) in [5, 5.41) is 13.8. The largest absolute Gasteiger partial charge is 0.488 e. The van der Waals surface area contributed by atoms with E-state index in [1.165, 1.54) is 11.1 Å². The number of aldehydes is 1. The van der Waals surface area contributed by atoms with Crippen molar-refractivity contribution >= 4 is 29.5 Å². The number of rotatable bonds is 16. The van der Waals surface area contributed by atoms with E-state index in [0.717, 1.165) is 53.6 Å². The third-order valence-electron chi connectivity index (χ3n) is 10.0. The molecule has 2 atom stereocenters. The summed E-state index contributed by atoms with van der Waals surface area (Å²) in [6, 6.07) is 29.0. The van der Waals surface area contributed by atoms with Crippen LogP contribution in [0.5, 0.6) is 17.2 Å². The van der Waals surface area contributed by atoms with Crippen LogP contribution in [-0.4, -0.2) is 55.0 Å². The zero-order chi connectivity index (χ0) is 40.6. The number of carboxylic acid groups (broad SMARTS) is 1. The second kappa shape index (κ2) is 18.0. The van der Waals surface area contributed by atoms with Crippen LogP contribution in [-0.2, 0) is 17.6 Å². The number of carboxylic acids is 1. The van der Waals surface area contributed by atoms with E-state index < -0.39 is 29.3 Å². The van der Waals surface area contributed by atoms with Crippen LogP contribution in [0.2, 0.25) is 0 Å². The Morgan fingerprint density at radius 2 is 1.74 bits per heavy atom. The lowest BCUT2D eigenvalue weighted by molar-refractivity contribution is -0.109. The number of aryl methyl sites for hydroxylation is 2. The molecule has 6 N–H and O–H groups in total. The quantitative estimate of drug-likeness (QED) is 0.0461. The second-order valence-corrected chi connectivity index (χ2v) is 13.8. The molecule has 0 spiro atoms. The zero-order valence-corrected chi connectivity index (χ0v) is 32.1. The maximum absolute atomic E-state index is 14.5. The van der Waals surface area contributed by atoms with Crippen molar-refractivity contribution in [3.8, 4) is 17.2 Å². The zero-order valence-electron chi connectivity index (χ0n) is 32.1. The van der Waals surface area contributed by atoms with E-state index in [0.29, 0.717) is 46.0 Å². The SMILES string of the molecule is CCc1cc(Oc2ccc(C(=O)O)c(F)c2)c(OCCN(N)/C=C(\N)c2cccc(N3C(=O)c4ccccc4C(C=O)C3c3ccc(C)cc3)c2)cc1CCNC. The maximum Gasteiger partial charge on any atom is 0.338 e. The molecule has 0 saturated carbocycles. The van der Waals surface area contributed by atoms with Crippen molar-refractivity contribution in [1.29, 1.82) is 0 Å². The number of halogens is 1. The van der Waals surface area contributed by atoms with Crippen molar-refractivity contribution < 1.29 is 33.4 Å². The fraction of sp³-hybridized carbons (Fsp3) is 0.222. The van der Waals surface area contributed by atoms with E-state index in [2.05, 4.69) is 5.32 Å². The molecule has 1 aliphatic rings. The highest BCUT2D eigenvalue weighted by Crippen LogP contribution is 2.44. The van der Waals surface area contributed by atoms with Crippen LogP contribution in [0.25, 0.3) is 5.70 Å². The number of ether oxygens (including phenoxy) is 2. The van der Waals surface area contributed by atoms with Gasteiger partial charge in [0.1, 0.15) is 24.5 Å². The molecular weight excluding hydrogens is 726 g/mol. The Kier molecular flexibility index (Phi) is 12.7. The molecule has 0 aromatic heterocycles. The summed E-state index contributed by atoms with van der Waals surface area (Å²) in [5.74, 6) is 4.16. The van der Waals surface area contributed by atoms with Crippen LogP contribution in [0.1, 0.15) is 73.0 Å². The van der Waals surface area contributed by atoms with Crippen LogP contribution in [0.15, 0.2) is 109 Å². The lowest BCUT2D eigenvalue weighted by Crippen LogP contribution is -2.43. The monoisotopic (exact) mass is 771 g/mol. The molecule has 0 fully saturated rings. The lowest BCUT2D eigenvalue weighted by Gasteiger charge is -2.40. The van der Waals surface area contributed by atoms with Gasteiger partial charge >= 0.3 is 5.97 Å². The number of anilines is 1. The number of fused-ring (bicyclic) bond motifs is 1. The second-order valence-electron chi connectivity index (χ2n) is 13.8. The summed E-state index contributed by atoms with van der Waals surface area (Å²) in [4.78, 5) is 39.9. The number of hydrogen-bond acceptors (Lipinski definition) is 9. The van der Waals surface area contributed by atoms with E-state index in [1.54, 1.807) is 29.3 Å². The summed E-state index contributed by atoms with van der Waals surface area (Å²) in [6.07, 6.45) is 3.93. The first-order chi connectivity index (χ1) is 27.5. The molecule has 294 valence electrons. The van der Waals surface area contributed by atoms with Gasteiger partial charge in [-0.1, -0.05) is 67.1 Å². The average Bonchev–Trinajstić information content (AvgIpc) is 3.20. The molecule has 5 aromatic carbocycles. The topological polar surface area (TPSA) is 160 Å². The number of hydrogen-bond donors (Lipinski definition) is 4. The number of nitrogens with zero attached hydrogens (tertiary/aromatic N) is 2. The van der Waals surface area contributed by atoms with E-state index in [9.17, 15) is 23.9 Å². The van der Waals surface area contributed by atoms with E-state index in [-0.39, 0.29) is 24.8 Å². The van der Waals surface area contributed by atoms with Gasteiger partial charge in [-0.2, -0.15) is 0 Å². The summed E-state index contributed by atoms with van der Waals surface area (Å²) in [5.41, 5.74) is 12.8. The minimum atomic E-state index is -1.37. The molecule has 1 aliphatic heterocycles. The molecule has 0 saturated heterocycles. The van der Waals surface area contributed by atoms with Crippen molar-refractivity contribution in [3.63, 3.8) is 0 Å². The van der Waals surface area contributed by atoms with Gasteiger partial charge in [0.05, 0.1) is 29.8 Å². The van der Waals surface area contributed by atoms with Crippen molar-refractivity contribution in [2.75, 3.05) is 31.6 Å². The molecule has 2 unspecified atom stereocenters. The number of carbonyl (C=O) groups excluding carboxylic acids is 2. The van der Waals surface area contributed by atoms with Gasteiger partial charge in [-0.15, -0.1) is 0 Å². The number of hydrazine groups is 1. The molecule has 0 aliphatic carbocycles. The molecule has 1 amide bonds. The Morgan fingerprint density at radius 3 is 2.44 bits per heavy atom. The number of carbonyl (C=O) groups is 3. The van der Waals surface area contributed by atoms with Crippen molar-refractivity contribution in [2.45, 2.75) is 38.6 Å². The number of benzene rings is 5. The van der Waals surface area contributed by atoms with Gasteiger partial charge in [-0.05, 0) is 98.1 Å². The smallest absolute Gasteiger partial charge is 0.338 e. The fourth-order valence-corrected chi connectivity index (χ4v) is 7.05. The van der Waals surface area contributed by atoms with Gasteiger partial charge < -0.3 is 35.4 Å². The molecule has 57 heavy (non-hydrogen) atoms. The third-order valence-corrected chi connectivity index (χ3v) is 10.0. The summed E-state index contributed by atoms with van der Waals surface area (Å²) in [7, 11) is 1.87. The third kappa shape index (κ3) is 8.98. The van der Waals surface area contributed by atoms with Crippen molar-refractivity contribution in [2.24, 2.45) is 11.6 Å². The number of nitrogens with two attached hydrogens (primary N) is 2. The van der Waals surface area contributed by atoms with Crippen LogP contribution >= 0.6 is 0 Å². The Balaban J connectivity index is 1.22. The fourth-order valence-electron chi connectivity index (χ4n) is 7.05. The first-order valence-corrected chi connectivity index (χ1v) is 18.7. The molecule has 1 heterocycles. The van der Waals surface area contributed by atoms with Gasteiger partial charge in [0.2, 0.25) is 0 Å². The van der Waals surface area contributed by atoms with Gasteiger partial charge in [-0.3, -0.25) is 9.69 Å². The van der Waals surface area contributed by atoms with Gasteiger partial charge in [0, 0.05) is 29.1 Å². The molecular formula is C45H46FN5O6. The van der Waals surface area contributed by atoms with E-state index in [4.69, 9.17) is 21.1 Å².